The van der Waals surface area contributed by atoms with E-state index in [2.05, 4.69) is 5.32 Å². The summed E-state index contributed by atoms with van der Waals surface area (Å²) in [7, 11) is 0. The highest BCUT2D eigenvalue weighted by Gasteiger charge is 2.68. The second-order valence-corrected chi connectivity index (χ2v) is 9.82. The molecule has 0 radical (unpaired) electrons. The van der Waals surface area contributed by atoms with Gasteiger partial charge in [0.2, 0.25) is 6.10 Å². The quantitative estimate of drug-likeness (QED) is 0.609. The Morgan fingerprint density at radius 1 is 1.06 bits per heavy atom. The van der Waals surface area contributed by atoms with Gasteiger partial charge in [-0.25, -0.2) is 8.78 Å². The lowest BCUT2D eigenvalue weighted by atomic mass is 9.38. The Bertz CT molecular complexity index is 1140. The fourth-order valence-corrected chi connectivity index (χ4v) is 5.36. The third kappa shape index (κ3) is 4.22. The van der Waals surface area contributed by atoms with Crippen LogP contribution in [0.1, 0.15) is 25.7 Å². The number of Topliss-reactive ketones (excluding diaryl/α,β-unsaturated/α-hetero) is 1. The number of amides is 1. The first-order valence-corrected chi connectivity index (χ1v) is 11.1. The van der Waals surface area contributed by atoms with E-state index < -0.39 is 17.7 Å². The van der Waals surface area contributed by atoms with Gasteiger partial charge in [0.15, 0.2) is 28.9 Å². The zero-order valence-electron chi connectivity index (χ0n) is 17.3. The van der Waals surface area contributed by atoms with Crippen molar-refractivity contribution in [1.82, 2.24) is 5.32 Å². The Labute approximate surface area is 198 Å². The Hall–Kier alpha value is -2.58. The van der Waals surface area contributed by atoms with E-state index in [9.17, 15) is 18.4 Å². The van der Waals surface area contributed by atoms with Crippen molar-refractivity contribution in [3.05, 3.63) is 52.0 Å². The summed E-state index contributed by atoms with van der Waals surface area (Å²) in [5.74, 6) is -1.53. The van der Waals surface area contributed by atoms with Crippen LogP contribution in [0.2, 0.25) is 10.0 Å². The van der Waals surface area contributed by atoms with Crippen molar-refractivity contribution in [2.24, 2.45) is 5.41 Å². The van der Waals surface area contributed by atoms with Crippen LogP contribution in [0, 0.1) is 17.0 Å². The fraction of sp³-hybridized carbons (Fsp3) is 0.391. The maximum absolute atomic E-state index is 13.2. The van der Waals surface area contributed by atoms with Crippen LogP contribution >= 0.6 is 23.2 Å². The van der Waals surface area contributed by atoms with E-state index in [4.69, 9.17) is 37.4 Å². The molecule has 2 aromatic rings. The van der Waals surface area contributed by atoms with Gasteiger partial charge in [-0.05, 0) is 36.8 Å². The van der Waals surface area contributed by atoms with Crippen LogP contribution in [0.15, 0.2) is 30.3 Å². The lowest BCUT2D eigenvalue weighted by molar-refractivity contribution is -0.176. The number of halogens is 4. The lowest BCUT2D eigenvalue weighted by Crippen LogP contribution is -2.76. The van der Waals surface area contributed by atoms with Crippen molar-refractivity contribution in [3.63, 3.8) is 0 Å². The van der Waals surface area contributed by atoms with Crippen molar-refractivity contribution in [2.45, 2.75) is 37.3 Å². The first-order valence-electron chi connectivity index (χ1n) is 10.4. The van der Waals surface area contributed by atoms with Crippen molar-refractivity contribution in [2.75, 3.05) is 13.2 Å². The number of ether oxygens (including phenoxy) is 3. The number of fused-ring (bicyclic) bond motifs is 1. The molecule has 1 N–H and O–H groups in total. The first kappa shape index (κ1) is 22.2. The molecule has 1 heterocycles. The number of ketones is 1. The molecule has 10 heteroatoms. The van der Waals surface area contributed by atoms with E-state index >= 15 is 0 Å². The molecule has 2 aromatic carbocycles. The van der Waals surface area contributed by atoms with Crippen LogP contribution in [0.25, 0.3) is 0 Å². The molecule has 6 rings (SSSR count). The Morgan fingerprint density at radius 2 is 1.76 bits per heavy atom. The summed E-state index contributed by atoms with van der Waals surface area (Å²) < 4.78 is 42.8. The Kier molecular flexibility index (Phi) is 5.40. The molecule has 33 heavy (non-hydrogen) atoms. The van der Waals surface area contributed by atoms with Crippen LogP contribution < -0.4 is 19.5 Å². The molecule has 3 aliphatic carbocycles. The maximum atomic E-state index is 13.2. The molecule has 0 saturated heterocycles. The second kappa shape index (κ2) is 8.02. The summed E-state index contributed by atoms with van der Waals surface area (Å²) >= 11 is 12.0. The zero-order valence-corrected chi connectivity index (χ0v) is 18.8. The van der Waals surface area contributed by atoms with Gasteiger partial charge in [0, 0.05) is 30.2 Å². The van der Waals surface area contributed by atoms with Crippen LogP contribution in [-0.2, 0) is 9.59 Å². The first-order chi connectivity index (χ1) is 15.7. The van der Waals surface area contributed by atoms with E-state index in [0.29, 0.717) is 47.2 Å². The van der Waals surface area contributed by atoms with Gasteiger partial charge in [-0.1, -0.05) is 23.2 Å². The maximum Gasteiger partial charge on any atom is 0.265 e. The molecule has 2 bridgehead atoms. The van der Waals surface area contributed by atoms with E-state index in [1.54, 1.807) is 6.07 Å². The Morgan fingerprint density at radius 3 is 2.45 bits per heavy atom. The fourth-order valence-electron chi connectivity index (χ4n) is 5.06. The zero-order chi connectivity index (χ0) is 23.4. The van der Waals surface area contributed by atoms with E-state index in [1.807, 2.05) is 0 Å². The predicted molar refractivity (Wildman–Crippen MR) is 115 cm³/mol. The minimum Gasteiger partial charge on any atom is -0.486 e. The second-order valence-electron chi connectivity index (χ2n) is 9.01. The van der Waals surface area contributed by atoms with Gasteiger partial charge in [-0.2, -0.15) is 0 Å². The van der Waals surface area contributed by atoms with Crippen molar-refractivity contribution >= 4 is 34.9 Å². The molecule has 1 amide bonds. The van der Waals surface area contributed by atoms with Crippen LogP contribution in [0.3, 0.4) is 0 Å². The number of rotatable bonds is 7. The molecule has 3 fully saturated rings. The largest absolute Gasteiger partial charge is 0.486 e. The normalized spacial score (nSPS) is 26.6. The number of hydrogen-bond donors (Lipinski definition) is 1. The summed E-state index contributed by atoms with van der Waals surface area (Å²) in [5.41, 5.74) is -0.484. The highest BCUT2D eigenvalue weighted by molar-refractivity contribution is 6.42. The third-order valence-electron chi connectivity index (χ3n) is 6.33. The molecule has 0 spiro atoms. The molecule has 6 nitrogen and oxygen atoms in total. The van der Waals surface area contributed by atoms with Gasteiger partial charge in [-0.15, -0.1) is 0 Å². The number of carbonyl (C=O) groups is 2. The summed E-state index contributed by atoms with van der Waals surface area (Å²) in [6.45, 7) is -0.163. The van der Waals surface area contributed by atoms with E-state index in [-0.39, 0.29) is 41.6 Å². The molecule has 1 unspecified atom stereocenters. The Balaban J connectivity index is 1.09. The number of benzene rings is 2. The smallest absolute Gasteiger partial charge is 0.265 e. The molecule has 1 aliphatic heterocycles. The van der Waals surface area contributed by atoms with Crippen molar-refractivity contribution < 1.29 is 32.6 Å². The standard InChI is InChI=1S/C23H19Cl2F2NO5/c24-14-4-18-19(5-15(14)25)33-20(8-32-18)21(30)28-23-9-22(10-23,11-23)6-12(29)7-31-13-1-2-16(26)17(27)3-13/h1-5,20H,6-11H2,(H,28,30). The SMILES string of the molecule is O=C(COc1ccc(F)c(F)c1)CC12CC(NC(=O)C3COc4cc(Cl)c(Cl)cc4O3)(C1)C2. The van der Waals surface area contributed by atoms with Gasteiger partial charge in [0.25, 0.3) is 5.91 Å². The van der Waals surface area contributed by atoms with Gasteiger partial charge >= 0.3 is 0 Å². The van der Waals surface area contributed by atoms with Gasteiger partial charge in [0.05, 0.1) is 10.0 Å². The summed E-state index contributed by atoms with van der Waals surface area (Å²) in [6.07, 6.45) is 1.56. The monoisotopic (exact) mass is 497 g/mol. The topological polar surface area (TPSA) is 73.9 Å². The van der Waals surface area contributed by atoms with Crippen LogP contribution in [-0.4, -0.2) is 36.5 Å². The molecular weight excluding hydrogens is 479 g/mol. The number of nitrogens with one attached hydrogen (secondary N) is 1. The minimum atomic E-state index is -1.03. The van der Waals surface area contributed by atoms with Crippen LogP contribution in [0.5, 0.6) is 17.2 Å². The average Bonchev–Trinajstić information content (AvgIpc) is 2.72. The highest BCUT2D eigenvalue weighted by Crippen LogP contribution is 2.69. The minimum absolute atomic E-state index is 0.0534. The molecule has 1 atom stereocenters. The number of carbonyl (C=O) groups excluding carboxylic acids is 2. The van der Waals surface area contributed by atoms with E-state index in [0.717, 1.165) is 12.1 Å². The summed E-state index contributed by atoms with van der Waals surface area (Å²) in [4.78, 5) is 25.0. The predicted octanol–water partition coefficient (Wildman–Crippen LogP) is 4.49. The number of hydrogen-bond acceptors (Lipinski definition) is 5. The lowest BCUT2D eigenvalue weighted by Gasteiger charge is -2.70. The van der Waals surface area contributed by atoms with Crippen LogP contribution in [0.4, 0.5) is 8.78 Å². The van der Waals surface area contributed by atoms with Gasteiger partial charge in [-0.3, -0.25) is 9.59 Å². The van der Waals surface area contributed by atoms with Gasteiger partial charge < -0.3 is 19.5 Å². The third-order valence-corrected chi connectivity index (χ3v) is 7.05. The molecular formula is C23H19Cl2F2NO5. The van der Waals surface area contributed by atoms with Crippen molar-refractivity contribution in [1.29, 1.82) is 0 Å². The summed E-state index contributed by atoms with van der Waals surface area (Å²) in [5, 5.41) is 3.67. The highest BCUT2D eigenvalue weighted by atomic mass is 35.5. The molecule has 4 aliphatic rings. The van der Waals surface area contributed by atoms with E-state index in [1.165, 1.54) is 12.1 Å². The molecule has 174 valence electrons. The van der Waals surface area contributed by atoms with Gasteiger partial charge in [0.1, 0.15) is 19.0 Å². The molecule has 0 aromatic heterocycles. The van der Waals surface area contributed by atoms with Crippen molar-refractivity contribution in [3.8, 4) is 17.2 Å². The summed E-state index contributed by atoms with van der Waals surface area (Å²) in [6, 6.07) is 6.20. The average molecular weight is 498 g/mol. The molecule has 3 saturated carbocycles.